The van der Waals surface area contributed by atoms with Crippen LogP contribution in [-0.4, -0.2) is 0 Å². The van der Waals surface area contributed by atoms with E-state index in [1.807, 2.05) is 12.1 Å². The van der Waals surface area contributed by atoms with Crippen molar-refractivity contribution in [3.8, 4) is 0 Å². The fourth-order valence-corrected chi connectivity index (χ4v) is 2.87. The van der Waals surface area contributed by atoms with Crippen molar-refractivity contribution in [1.29, 1.82) is 0 Å². The van der Waals surface area contributed by atoms with Crippen molar-refractivity contribution >= 4 is 17.3 Å². The SMILES string of the molecule is ClCc1cccc(NCc2ccc3c(c2)CCC3)c1. The van der Waals surface area contributed by atoms with Gasteiger partial charge < -0.3 is 5.32 Å². The van der Waals surface area contributed by atoms with E-state index in [-0.39, 0.29) is 0 Å². The van der Waals surface area contributed by atoms with Crippen LogP contribution in [0.1, 0.15) is 28.7 Å². The van der Waals surface area contributed by atoms with E-state index in [1.54, 1.807) is 0 Å². The normalized spacial score (nSPS) is 13.3. The predicted molar refractivity (Wildman–Crippen MR) is 81.8 cm³/mol. The Balaban J connectivity index is 1.68. The van der Waals surface area contributed by atoms with E-state index in [0.29, 0.717) is 5.88 Å². The summed E-state index contributed by atoms with van der Waals surface area (Å²) in [6.07, 6.45) is 3.80. The molecule has 0 aromatic heterocycles. The highest BCUT2D eigenvalue weighted by atomic mass is 35.5. The van der Waals surface area contributed by atoms with Crippen LogP contribution in [0.2, 0.25) is 0 Å². The molecule has 0 fully saturated rings. The topological polar surface area (TPSA) is 12.0 Å². The molecule has 0 saturated heterocycles. The van der Waals surface area contributed by atoms with Crippen molar-refractivity contribution in [2.24, 2.45) is 0 Å². The summed E-state index contributed by atoms with van der Waals surface area (Å²) in [5.41, 5.74) is 6.72. The molecule has 0 amide bonds. The molecule has 1 N–H and O–H groups in total. The Morgan fingerprint density at radius 1 is 0.947 bits per heavy atom. The van der Waals surface area contributed by atoms with Crippen LogP contribution in [0.25, 0.3) is 0 Å². The first-order chi connectivity index (χ1) is 9.35. The fourth-order valence-electron chi connectivity index (χ4n) is 2.70. The van der Waals surface area contributed by atoms with Crippen LogP contribution in [0.15, 0.2) is 42.5 Å². The molecule has 0 heterocycles. The lowest BCUT2D eigenvalue weighted by Gasteiger charge is -2.09. The summed E-state index contributed by atoms with van der Waals surface area (Å²) in [7, 11) is 0. The van der Waals surface area contributed by atoms with Gasteiger partial charge in [-0.25, -0.2) is 0 Å². The van der Waals surface area contributed by atoms with Gasteiger partial charge in [0.1, 0.15) is 0 Å². The molecule has 2 aromatic rings. The third-order valence-corrected chi connectivity index (χ3v) is 4.05. The van der Waals surface area contributed by atoms with E-state index in [0.717, 1.165) is 17.8 Å². The van der Waals surface area contributed by atoms with E-state index in [2.05, 4.69) is 35.6 Å². The molecule has 0 aliphatic heterocycles. The van der Waals surface area contributed by atoms with Crippen LogP contribution >= 0.6 is 11.6 Å². The minimum Gasteiger partial charge on any atom is -0.381 e. The monoisotopic (exact) mass is 271 g/mol. The number of rotatable bonds is 4. The first kappa shape index (κ1) is 12.6. The summed E-state index contributed by atoms with van der Waals surface area (Å²) in [6, 6.07) is 15.2. The number of halogens is 1. The third-order valence-electron chi connectivity index (χ3n) is 3.74. The predicted octanol–water partition coefficient (Wildman–Crippen LogP) is 4.53. The largest absolute Gasteiger partial charge is 0.381 e. The lowest BCUT2D eigenvalue weighted by atomic mass is 10.1. The van der Waals surface area contributed by atoms with Crippen molar-refractivity contribution in [3.63, 3.8) is 0 Å². The Morgan fingerprint density at radius 3 is 2.74 bits per heavy atom. The van der Waals surface area contributed by atoms with E-state index in [1.165, 1.54) is 36.0 Å². The Labute approximate surface area is 119 Å². The highest BCUT2D eigenvalue weighted by molar-refractivity contribution is 6.17. The Morgan fingerprint density at radius 2 is 1.84 bits per heavy atom. The molecule has 0 bridgehead atoms. The molecule has 0 radical (unpaired) electrons. The summed E-state index contributed by atoms with van der Waals surface area (Å²) in [6.45, 7) is 0.874. The van der Waals surface area contributed by atoms with Gasteiger partial charge in [0.2, 0.25) is 0 Å². The molecule has 0 unspecified atom stereocenters. The maximum atomic E-state index is 5.85. The molecule has 98 valence electrons. The standard InChI is InChI=1S/C17H18ClN/c18-11-13-3-1-6-17(10-13)19-12-14-7-8-15-4-2-5-16(15)9-14/h1,3,6-10,19H,2,4-5,11-12H2. The van der Waals surface area contributed by atoms with Gasteiger partial charge >= 0.3 is 0 Å². The minimum atomic E-state index is 0.564. The minimum absolute atomic E-state index is 0.564. The lowest BCUT2D eigenvalue weighted by molar-refractivity contribution is 0.911. The van der Waals surface area contributed by atoms with Gasteiger partial charge in [-0.3, -0.25) is 0 Å². The zero-order chi connectivity index (χ0) is 13.1. The van der Waals surface area contributed by atoms with Crippen LogP contribution in [0, 0.1) is 0 Å². The molecule has 19 heavy (non-hydrogen) atoms. The molecule has 1 nitrogen and oxygen atoms in total. The second kappa shape index (κ2) is 5.66. The number of hydrogen-bond acceptors (Lipinski definition) is 1. The first-order valence-corrected chi connectivity index (χ1v) is 7.38. The molecule has 0 atom stereocenters. The number of fused-ring (bicyclic) bond motifs is 1. The quantitative estimate of drug-likeness (QED) is 0.806. The maximum Gasteiger partial charge on any atom is 0.0474 e. The van der Waals surface area contributed by atoms with Gasteiger partial charge in [-0.15, -0.1) is 11.6 Å². The summed E-state index contributed by atoms with van der Waals surface area (Å²) in [5, 5.41) is 3.47. The van der Waals surface area contributed by atoms with Crippen LogP contribution in [0.5, 0.6) is 0 Å². The highest BCUT2D eigenvalue weighted by Crippen LogP contribution is 2.23. The van der Waals surface area contributed by atoms with Crippen LogP contribution < -0.4 is 5.32 Å². The average molecular weight is 272 g/mol. The van der Waals surface area contributed by atoms with Crippen molar-refractivity contribution in [3.05, 3.63) is 64.7 Å². The summed E-state index contributed by atoms with van der Waals surface area (Å²) >= 11 is 5.85. The van der Waals surface area contributed by atoms with Gasteiger partial charge in [0.25, 0.3) is 0 Å². The number of hydrogen-bond donors (Lipinski definition) is 1. The van der Waals surface area contributed by atoms with Gasteiger partial charge in [-0.05, 0) is 53.6 Å². The number of anilines is 1. The van der Waals surface area contributed by atoms with Gasteiger partial charge in [0.15, 0.2) is 0 Å². The van der Waals surface area contributed by atoms with Crippen molar-refractivity contribution in [1.82, 2.24) is 0 Å². The average Bonchev–Trinajstić information content (AvgIpc) is 2.93. The van der Waals surface area contributed by atoms with E-state index in [4.69, 9.17) is 11.6 Å². The highest BCUT2D eigenvalue weighted by Gasteiger charge is 2.10. The number of benzene rings is 2. The molecular weight excluding hydrogens is 254 g/mol. The van der Waals surface area contributed by atoms with Crippen LogP contribution in [0.3, 0.4) is 0 Å². The van der Waals surface area contributed by atoms with Crippen molar-refractivity contribution in [2.45, 2.75) is 31.7 Å². The summed E-state index contributed by atoms with van der Waals surface area (Å²) in [5.74, 6) is 0.564. The second-order valence-corrected chi connectivity index (χ2v) is 5.41. The Hall–Kier alpha value is -1.47. The van der Waals surface area contributed by atoms with Crippen molar-refractivity contribution < 1.29 is 0 Å². The van der Waals surface area contributed by atoms with Gasteiger partial charge in [-0.2, -0.15) is 0 Å². The van der Waals surface area contributed by atoms with E-state index < -0.39 is 0 Å². The number of aryl methyl sites for hydroxylation is 2. The number of nitrogens with one attached hydrogen (secondary N) is 1. The molecule has 0 saturated carbocycles. The molecule has 1 aliphatic carbocycles. The van der Waals surface area contributed by atoms with E-state index >= 15 is 0 Å². The maximum absolute atomic E-state index is 5.85. The fraction of sp³-hybridized carbons (Fsp3) is 0.294. The first-order valence-electron chi connectivity index (χ1n) is 6.84. The zero-order valence-electron chi connectivity index (χ0n) is 11.0. The molecule has 1 aliphatic rings. The van der Waals surface area contributed by atoms with Gasteiger partial charge in [-0.1, -0.05) is 30.3 Å². The Bertz CT molecular complexity index is 577. The molecule has 3 rings (SSSR count). The van der Waals surface area contributed by atoms with Crippen LogP contribution in [0.4, 0.5) is 5.69 Å². The van der Waals surface area contributed by atoms with Crippen LogP contribution in [-0.2, 0) is 25.3 Å². The second-order valence-electron chi connectivity index (χ2n) is 5.14. The van der Waals surface area contributed by atoms with Crippen molar-refractivity contribution in [2.75, 3.05) is 5.32 Å². The lowest BCUT2D eigenvalue weighted by Crippen LogP contribution is -2.00. The zero-order valence-corrected chi connectivity index (χ0v) is 11.7. The molecule has 2 heteroatoms. The molecule has 0 spiro atoms. The number of alkyl halides is 1. The van der Waals surface area contributed by atoms with Gasteiger partial charge in [0, 0.05) is 18.1 Å². The third kappa shape index (κ3) is 2.93. The van der Waals surface area contributed by atoms with E-state index in [9.17, 15) is 0 Å². The molecule has 2 aromatic carbocycles. The van der Waals surface area contributed by atoms with Gasteiger partial charge in [0.05, 0.1) is 0 Å². The molecular formula is C17H18ClN. The Kier molecular flexibility index (Phi) is 3.74. The smallest absolute Gasteiger partial charge is 0.0474 e. The summed E-state index contributed by atoms with van der Waals surface area (Å²) in [4.78, 5) is 0. The summed E-state index contributed by atoms with van der Waals surface area (Å²) < 4.78 is 0.